The van der Waals surface area contributed by atoms with Crippen molar-refractivity contribution in [1.82, 2.24) is 5.32 Å². The Morgan fingerprint density at radius 1 is 1.73 bits per heavy atom. The molecule has 1 heterocycles. The number of aliphatic carboxylic acids is 1. The van der Waals surface area contributed by atoms with Crippen molar-refractivity contribution in [2.45, 2.75) is 25.3 Å². The molecule has 1 atom stereocenters. The molecule has 2 N–H and O–H groups in total. The van der Waals surface area contributed by atoms with Gasteiger partial charge in [0.15, 0.2) is 0 Å². The van der Waals surface area contributed by atoms with Gasteiger partial charge in [0, 0.05) is 11.6 Å². The smallest absolute Gasteiger partial charge is 0.331 e. The van der Waals surface area contributed by atoms with Crippen LogP contribution in [0.4, 0.5) is 0 Å². The van der Waals surface area contributed by atoms with Gasteiger partial charge in [0.25, 0.3) is 0 Å². The monoisotopic (exact) mass is 155 g/mol. The molecule has 0 radical (unpaired) electrons. The van der Waals surface area contributed by atoms with Gasteiger partial charge in [0.1, 0.15) is 0 Å². The Morgan fingerprint density at radius 2 is 2.45 bits per heavy atom. The number of nitrogens with one attached hydrogen (secondary N) is 1. The molecule has 1 rings (SSSR count). The first-order valence-electron chi connectivity index (χ1n) is 3.84. The molecule has 0 spiro atoms. The summed E-state index contributed by atoms with van der Waals surface area (Å²) in [6.07, 6.45) is 2.80. The van der Waals surface area contributed by atoms with Crippen LogP contribution in [0.2, 0.25) is 0 Å². The van der Waals surface area contributed by atoms with Crippen molar-refractivity contribution in [3.63, 3.8) is 0 Å². The normalized spacial score (nSPS) is 23.5. The Labute approximate surface area is 66.1 Å². The molecule has 1 unspecified atom stereocenters. The molecular weight excluding hydrogens is 142 g/mol. The van der Waals surface area contributed by atoms with Gasteiger partial charge in [-0.1, -0.05) is 6.58 Å². The van der Waals surface area contributed by atoms with Gasteiger partial charge in [-0.25, -0.2) is 4.79 Å². The summed E-state index contributed by atoms with van der Waals surface area (Å²) in [5, 5.41) is 11.7. The third kappa shape index (κ3) is 2.35. The molecule has 0 amide bonds. The second-order valence-corrected chi connectivity index (χ2v) is 2.91. The number of rotatable bonds is 3. The molecule has 1 aliphatic rings. The minimum atomic E-state index is -0.876. The topological polar surface area (TPSA) is 49.3 Å². The first-order valence-corrected chi connectivity index (χ1v) is 3.84. The average molecular weight is 155 g/mol. The lowest BCUT2D eigenvalue weighted by Crippen LogP contribution is -2.23. The summed E-state index contributed by atoms with van der Waals surface area (Å²) in [5.74, 6) is -0.876. The second-order valence-electron chi connectivity index (χ2n) is 2.91. The van der Waals surface area contributed by atoms with E-state index in [9.17, 15) is 4.79 Å². The van der Waals surface area contributed by atoms with Gasteiger partial charge in [-0.3, -0.25) is 0 Å². The van der Waals surface area contributed by atoms with Gasteiger partial charge in [-0.2, -0.15) is 0 Å². The van der Waals surface area contributed by atoms with E-state index in [2.05, 4.69) is 11.9 Å². The number of hydrogen-bond acceptors (Lipinski definition) is 2. The Kier molecular flexibility index (Phi) is 2.65. The van der Waals surface area contributed by atoms with Crippen molar-refractivity contribution >= 4 is 5.97 Å². The lowest BCUT2D eigenvalue weighted by molar-refractivity contribution is -0.132. The molecule has 62 valence electrons. The molecule has 1 saturated heterocycles. The molecule has 0 aromatic heterocycles. The fourth-order valence-corrected chi connectivity index (χ4v) is 1.32. The van der Waals surface area contributed by atoms with Crippen LogP contribution in [0.5, 0.6) is 0 Å². The first-order chi connectivity index (χ1) is 5.20. The zero-order valence-electron chi connectivity index (χ0n) is 6.47. The molecular formula is C8H13NO2. The summed E-state index contributed by atoms with van der Waals surface area (Å²) >= 11 is 0. The molecule has 3 heteroatoms. The van der Waals surface area contributed by atoms with Gasteiger partial charge in [-0.05, 0) is 25.8 Å². The molecule has 1 fully saturated rings. The molecule has 1 aliphatic heterocycles. The van der Waals surface area contributed by atoms with Crippen LogP contribution < -0.4 is 5.32 Å². The van der Waals surface area contributed by atoms with Crippen LogP contribution in [0.3, 0.4) is 0 Å². The molecule has 0 bridgehead atoms. The molecule has 0 aromatic rings. The van der Waals surface area contributed by atoms with E-state index in [1.54, 1.807) is 0 Å². The zero-order valence-corrected chi connectivity index (χ0v) is 6.47. The van der Waals surface area contributed by atoms with Crippen LogP contribution in [-0.2, 0) is 4.79 Å². The highest BCUT2D eigenvalue weighted by Crippen LogP contribution is 2.12. The maximum Gasteiger partial charge on any atom is 0.331 e. The van der Waals surface area contributed by atoms with Gasteiger partial charge < -0.3 is 10.4 Å². The van der Waals surface area contributed by atoms with E-state index in [-0.39, 0.29) is 0 Å². The van der Waals surface area contributed by atoms with Crippen molar-refractivity contribution in [2.75, 3.05) is 6.54 Å². The molecule has 11 heavy (non-hydrogen) atoms. The minimum Gasteiger partial charge on any atom is -0.478 e. The van der Waals surface area contributed by atoms with Gasteiger partial charge in [-0.15, -0.1) is 0 Å². The van der Waals surface area contributed by atoms with Crippen LogP contribution in [0.15, 0.2) is 12.2 Å². The third-order valence-corrected chi connectivity index (χ3v) is 1.96. The molecule has 3 nitrogen and oxygen atoms in total. The molecule has 0 aromatic carbocycles. The van der Waals surface area contributed by atoms with Crippen molar-refractivity contribution in [3.05, 3.63) is 12.2 Å². The van der Waals surface area contributed by atoms with Gasteiger partial charge >= 0.3 is 5.97 Å². The lowest BCUT2D eigenvalue weighted by atomic mass is 10.1. The highest BCUT2D eigenvalue weighted by atomic mass is 16.4. The summed E-state index contributed by atoms with van der Waals surface area (Å²) in [5.41, 5.74) is 0.310. The summed E-state index contributed by atoms with van der Waals surface area (Å²) in [6.45, 7) is 4.49. The van der Waals surface area contributed by atoms with Crippen LogP contribution in [0.25, 0.3) is 0 Å². The SMILES string of the molecule is C=C(CC1CCCN1)C(=O)O. The summed E-state index contributed by atoms with van der Waals surface area (Å²) in [6, 6.07) is 0.346. The number of carboxylic acids is 1. The van der Waals surface area contributed by atoms with E-state index >= 15 is 0 Å². The highest BCUT2D eigenvalue weighted by Gasteiger charge is 2.17. The Hall–Kier alpha value is -0.830. The number of carbonyl (C=O) groups is 1. The van der Waals surface area contributed by atoms with E-state index in [1.165, 1.54) is 0 Å². The van der Waals surface area contributed by atoms with Gasteiger partial charge in [0.05, 0.1) is 0 Å². The fraction of sp³-hybridized carbons (Fsp3) is 0.625. The standard InChI is InChI=1S/C8H13NO2/c1-6(8(10)11)5-7-3-2-4-9-7/h7,9H,1-5H2,(H,10,11). The first kappa shape index (κ1) is 8.27. The van der Waals surface area contributed by atoms with E-state index in [0.29, 0.717) is 18.0 Å². The van der Waals surface area contributed by atoms with E-state index in [4.69, 9.17) is 5.11 Å². The summed E-state index contributed by atoms with van der Waals surface area (Å²) in [7, 11) is 0. The average Bonchev–Trinajstić information content (AvgIpc) is 2.39. The lowest BCUT2D eigenvalue weighted by Gasteiger charge is -2.08. The summed E-state index contributed by atoms with van der Waals surface area (Å²) in [4.78, 5) is 10.4. The predicted molar refractivity (Wildman–Crippen MR) is 42.4 cm³/mol. The molecule has 0 saturated carbocycles. The molecule has 0 aliphatic carbocycles. The summed E-state index contributed by atoms with van der Waals surface area (Å²) < 4.78 is 0. The van der Waals surface area contributed by atoms with Crippen LogP contribution in [0.1, 0.15) is 19.3 Å². The number of hydrogen-bond donors (Lipinski definition) is 2. The Morgan fingerprint density at radius 3 is 2.91 bits per heavy atom. The fourth-order valence-electron chi connectivity index (χ4n) is 1.32. The zero-order chi connectivity index (χ0) is 8.27. The van der Waals surface area contributed by atoms with E-state index in [1.807, 2.05) is 0 Å². The quantitative estimate of drug-likeness (QED) is 0.592. The largest absolute Gasteiger partial charge is 0.478 e. The van der Waals surface area contributed by atoms with Crippen molar-refractivity contribution in [2.24, 2.45) is 0 Å². The highest BCUT2D eigenvalue weighted by molar-refractivity contribution is 5.85. The van der Waals surface area contributed by atoms with Crippen molar-refractivity contribution in [3.8, 4) is 0 Å². The Balaban J connectivity index is 2.29. The maximum atomic E-state index is 10.4. The maximum absolute atomic E-state index is 10.4. The third-order valence-electron chi connectivity index (χ3n) is 1.96. The van der Waals surface area contributed by atoms with Crippen LogP contribution in [-0.4, -0.2) is 23.7 Å². The predicted octanol–water partition coefficient (Wildman–Crippen LogP) is 0.769. The van der Waals surface area contributed by atoms with Crippen LogP contribution in [0, 0.1) is 0 Å². The van der Waals surface area contributed by atoms with E-state index in [0.717, 1.165) is 19.4 Å². The van der Waals surface area contributed by atoms with E-state index < -0.39 is 5.97 Å². The van der Waals surface area contributed by atoms with Crippen LogP contribution >= 0.6 is 0 Å². The van der Waals surface area contributed by atoms with Crippen molar-refractivity contribution in [1.29, 1.82) is 0 Å². The second kappa shape index (κ2) is 3.53. The minimum absolute atomic E-state index is 0.310. The Bertz CT molecular complexity index is 171. The van der Waals surface area contributed by atoms with Gasteiger partial charge in [0.2, 0.25) is 0 Å². The van der Waals surface area contributed by atoms with Crippen molar-refractivity contribution < 1.29 is 9.90 Å². The number of carboxylic acid groups (broad SMARTS) is 1.